The van der Waals surface area contributed by atoms with Crippen LogP contribution in [0.3, 0.4) is 0 Å². The zero-order valence-corrected chi connectivity index (χ0v) is 19.7. The van der Waals surface area contributed by atoms with Gasteiger partial charge in [0, 0.05) is 0 Å². The summed E-state index contributed by atoms with van der Waals surface area (Å²) in [7, 11) is 0. The van der Waals surface area contributed by atoms with Crippen LogP contribution in [0.1, 0.15) is 0 Å². The fraction of sp³-hybridized carbons (Fsp3) is 0. The van der Waals surface area contributed by atoms with Crippen molar-refractivity contribution in [2.75, 3.05) is 0 Å². The maximum atomic E-state index is 2.35. The molecule has 166 valence electrons. The van der Waals surface area contributed by atoms with Gasteiger partial charge in [-0.3, -0.25) is 0 Å². The molecule has 8 aromatic carbocycles. The third-order valence-electron chi connectivity index (χ3n) is 7.83. The van der Waals surface area contributed by atoms with Crippen molar-refractivity contribution in [3.05, 3.63) is 133 Å². The van der Waals surface area contributed by atoms with Gasteiger partial charge in [0.1, 0.15) is 0 Å². The van der Waals surface area contributed by atoms with Gasteiger partial charge in [-0.2, -0.15) is 0 Å². The smallest absolute Gasteiger partial charge is 0.00141 e. The summed E-state index contributed by atoms with van der Waals surface area (Å²) in [6, 6.07) is 49.1. The Morgan fingerprint density at radius 1 is 0.222 bits per heavy atom. The van der Waals surface area contributed by atoms with Gasteiger partial charge in [-0.15, -0.1) is 0 Å². The van der Waals surface area contributed by atoms with Gasteiger partial charge in [0.2, 0.25) is 0 Å². The van der Waals surface area contributed by atoms with Crippen molar-refractivity contribution >= 4 is 64.6 Å². The molecule has 0 unspecified atom stereocenters. The number of hydrogen-bond donors (Lipinski definition) is 0. The largest absolute Gasteiger partial charge is 0.0616 e. The van der Waals surface area contributed by atoms with Gasteiger partial charge in [-0.05, 0) is 75.8 Å². The fourth-order valence-corrected chi connectivity index (χ4v) is 6.27. The fourth-order valence-electron chi connectivity index (χ4n) is 6.27. The Hall–Kier alpha value is -4.68. The summed E-state index contributed by atoms with van der Waals surface area (Å²) in [6.45, 7) is 0. The molecule has 0 N–H and O–H groups in total. The SMILES string of the molecule is c1ccc2c(-c3ccc4c5ccccc5c5ccccc5c5cccc6ccc3c4c65)cccc2c1. The molecule has 0 bridgehead atoms. The number of fused-ring (bicyclic) bond motifs is 6. The third-order valence-corrected chi connectivity index (χ3v) is 7.83. The highest BCUT2D eigenvalue weighted by molar-refractivity contribution is 6.34. The maximum Gasteiger partial charge on any atom is -0.00141 e. The Morgan fingerprint density at radius 3 is 1.44 bits per heavy atom. The van der Waals surface area contributed by atoms with E-state index in [0.29, 0.717) is 0 Å². The Bertz CT molecular complexity index is 2140. The first-order valence-electron chi connectivity index (χ1n) is 12.5. The third kappa shape index (κ3) is 2.64. The molecule has 8 aromatic rings. The van der Waals surface area contributed by atoms with E-state index in [2.05, 4.69) is 133 Å². The van der Waals surface area contributed by atoms with Gasteiger partial charge >= 0.3 is 0 Å². The van der Waals surface area contributed by atoms with Crippen molar-refractivity contribution in [1.29, 1.82) is 0 Å². The first-order valence-corrected chi connectivity index (χ1v) is 12.5. The lowest BCUT2D eigenvalue weighted by Gasteiger charge is -2.17. The van der Waals surface area contributed by atoms with Crippen LogP contribution in [0.5, 0.6) is 0 Å². The molecule has 0 spiro atoms. The lowest BCUT2D eigenvalue weighted by atomic mass is 9.86. The van der Waals surface area contributed by atoms with E-state index in [4.69, 9.17) is 0 Å². The molecule has 0 heteroatoms. The number of rotatable bonds is 1. The monoisotopic (exact) mass is 454 g/mol. The minimum Gasteiger partial charge on any atom is -0.0616 e. The molecule has 0 saturated carbocycles. The zero-order valence-electron chi connectivity index (χ0n) is 19.7. The van der Waals surface area contributed by atoms with Crippen LogP contribution in [0.2, 0.25) is 0 Å². The summed E-state index contributed by atoms with van der Waals surface area (Å²) in [5.74, 6) is 0. The van der Waals surface area contributed by atoms with Gasteiger partial charge in [0.05, 0.1) is 0 Å². The Kier molecular flexibility index (Phi) is 4.03. The Morgan fingerprint density at radius 2 is 0.694 bits per heavy atom. The minimum atomic E-state index is 1.27. The van der Waals surface area contributed by atoms with E-state index in [1.54, 1.807) is 0 Å². The molecule has 0 fully saturated rings. The number of benzene rings is 7. The van der Waals surface area contributed by atoms with Crippen LogP contribution >= 0.6 is 0 Å². The average molecular weight is 455 g/mol. The summed E-state index contributed by atoms with van der Waals surface area (Å²) in [5.41, 5.74) is 2.57. The molecule has 0 saturated heterocycles. The van der Waals surface area contributed by atoms with Crippen molar-refractivity contribution in [3.63, 3.8) is 0 Å². The first-order chi connectivity index (χ1) is 17.9. The van der Waals surface area contributed by atoms with E-state index in [1.807, 2.05) is 0 Å². The topological polar surface area (TPSA) is 0 Å². The normalized spacial score (nSPS) is 11.9. The Balaban J connectivity index is 1.70. The highest BCUT2D eigenvalue weighted by atomic mass is 14.2. The van der Waals surface area contributed by atoms with Gasteiger partial charge in [0.15, 0.2) is 0 Å². The highest BCUT2D eigenvalue weighted by Crippen LogP contribution is 2.43. The molecule has 0 radical (unpaired) electrons. The van der Waals surface area contributed by atoms with Crippen LogP contribution in [-0.2, 0) is 0 Å². The molecule has 0 atom stereocenters. The summed E-state index contributed by atoms with van der Waals surface area (Å²) in [6.07, 6.45) is 0. The molecule has 36 heavy (non-hydrogen) atoms. The highest BCUT2D eigenvalue weighted by Gasteiger charge is 2.15. The second-order valence-electron chi connectivity index (χ2n) is 9.67. The van der Waals surface area contributed by atoms with Crippen molar-refractivity contribution in [2.45, 2.75) is 0 Å². The molecular formula is C36H22. The summed E-state index contributed by atoms with van der Waals surface area (Å²) in [5, 5.41) is 15.6. The van der Waals surface area contributed by atoms with Gasteiger partial charge in [0.25, 0.3) is 0 Å². The predicted octanol–water partition coefficient (Wildman–Crippen LogP) is 10.3. The lowest BCUT2D eigenvalue weighted by molar-refractivity contribution is 1.70. The van der Waals surface area contributed by atoms with Crippen LogP contribution in [0.25, 0.3) is 75.8 Å². The molecule has 0 aliphatic heterocycles. The van der Waals surface area contributed by atoms with E-state index in [1.165, 1.54) is 75.8 Å². The van der Waals surface area contributed by atoms with Crippen molar-refractivity contribution < 1.29 is 0 Å². The summed E-state index contributed by atoms with van der Waals surface area (Å²) >= 11 is 0. The van der Waals surface area contributed by atoms with Crippen LogP contribution in [0, 0.1) is 0 Å². The maximum absolute atomic E-state index is 2.35. The van der Waals surface area contributed by atoms with Crippen molar-refractivity contribution in [1.82, 2.24) is 0 Å². The molecule has 0 aliphatic carbocycles. The molecule has 0 aliphatic rings. The van der Waals surface area contributed by atoms with E-state index >= 15 is 0 Å². The van der Waals surface area contributed by atoms with Crippen LogP contribution < -0.4 is 0 Å². The standard InChI is InChI=1S/C36H22/c1-2-12-25-23(9-1)10-7-17-26(25)31-21-22-34-30-16-6-4-14-28(30)27-13-3-5-15-29(27)32-18-8-11-24-19-20-33(31)36(34)35(24)32/h1-22H. The first kappa shape index (κ1) is 19.6. The zero-order chi connectivity index (χ0) is 23.6. The molecular weight excluding hydrogens is 432 g/mol. The second-order valence-corrected chi connectivity index (χ2v) is 9.67. The van der Waals surface area contributed by atoms with Gasteiger partial charge in [-0.25, -0.2) is 0 Å². The second kappa shape index (κ2) is 7.41. The lowest BCUT2D eigenvalue weighted by Crippen LogP contribution is -1.89. The van der Waals surface area contributed by atoms with Crippen LogP contribution in [0.4, 0.5) is 0 Å². The Labute approximate surface area is 209 Å². The minimum absolute atomic E-state index is 1.27. The van der Waals surface area contributed by atoms with Crippen molar-refractivity contribution in [3.8, 4) is 11.1 Å². The van der Waals surface area contributed by atoms with E-state index in [-0.39, 0.29) is 0 Å². The predicted molar refractivity (Wildman–Crippen MR) is 157 cm³/mol. The van der Waals surface area contributed by atoms with E-state index in [9.17, 15) is 0 Å². The van der Waals surface area contributed by atoms with E-state index in [0.717, 1.165) is 0 Å². The van der Waals surface area contributed by atoms with Crippen LogP contribution in [0.15, 0.2) is 133 Å². The summed E-state index contributed by atoms with van der Waals surface area (Å²) in [4.78, 5) is 0. The summed E-state index contributed by atoms with van der Waals surface area (Å²) < 4.78 is 0. The van der Waals surface area contributed by atoms with Gasteiger partial charge in [-0.1, -0.05) is 133 Å². The number of hydrogen-bond acceptors (Lipinski definition) is 0. The molecule has 0 nitrogen and oxygen atoms in total. The molecule has 0 amide bonds. The quantitative estimate of drug-likeness (QED) is 0.216. The molecule has 0 heterocycles. The molecule has 0 aromatic heterocycles. The van der Waals surface area contributed by atoms with E-state index < -0.39 is 0 Å². The molecule has 8 rings (SSSR count). The van der Waals surface area contributed by atoms with Crippen LogP contribution in [-0.4, -0.2) is 0 Å². The van der Waals surface area contributed by atoms with Gasteiger partial charge < -0.3 is 0 Å². The van der Waals surface area contributed by atoms with Crippen molar-refractivity contribution in [2.24, 2.45) is 0 Å². The average Bonchev–Trinajstić information content (AvgIpc) is 2.95.